The Labute approximate surface area is 171 Å². The molecular weight excluding hydrogens is 390 g/mol. The highest BCUT2D eigenvalue weighted by molar-refractivity contribution is 7.26. The molecule has 1 fully saturated rings. The molecule has 1 aliphatic rings. The van der Waals surface area contributed by atoms with Gasteiger partial charge in [-0.05, 0) is 36.9 Å². The predicted molar refractivity (Wildman–Crippen MR) is 117 cm³/mol. The van der Waals surface area contributed by atoms with E-state index in [0.717, 1.165) is 58.1 Å². The molecule has 0 aromatic carbocycles. The second-order valence-electron chi connectivity index (χ2n) is 6.76. The normalized spacial score (nSPS) is 14.9. The van der Waals surface area contributed by atoms with Crippen LogP contribution in [0, 0.1) is 6.92 Å². The molecule has 0 atom stereocenters. The van der Waals surface area contributed by atoms with Crippen molar-refractivity contribution in [1.82, 2.24) is 20.3 Å². The number of aromatic nitrogens is 3. The van der Waals surface area contributed by atoms with E-state index in [1.807, 2.05) is 6.92 Å². The molecule has 0 unspecified atom stereocenters. The zero-order valence-electron chi connectivity index (χ0n) is 15.9. The second kappa shape index (κ2) is 7.27. The summed E-state index contributed by atoms with van der Waals surface area (Å²) in [4.78, 5) is 19.0. The standard InChI is InChI=1S/C20H21N5OS2/c1-3-26-20-23-16-15-12(2)11-13(14-5-4-10-27-14)22-19(15)28-17(16)18(24-20)25-8-6-21-7-9-25/h4-5,10-11,21H,3,6-9H2,1-2H3. The van der Waals surface area contributed by atoms with Gasteiger partial charge >= 0.3 is 6.01 Å². The van der Waals surface area contributed by atoms with Crippen LogP contribution in [0.1, 0.15) is 12.5 Å². The SMILES string of the molecule is CCOc1nc(N2CCNCC2)c2sc3nc(-c4cccs4)cc(C)c3c2n1. The van der Waals surface area contributed by atoms with E-state index in [0.29, 0.717) is 12.6 Å². The van der Waals surface area contributed by atoms with Crippen LogP contribution in [-0.4, -0.2) is 47.7 Å². The van der Waals surface area contributed by atoms with Crippen molar-refractivity contribution in [1.29, 1.82) is 0 Å². The van der Waals surface area contributed by atoms with Gasteiger partial charge in [0.2, 0.25) is 0 Å². The molecule has 0 aliphatic carbocycles. The van der Waals surface area contributed by atoms with Crippen molar-refractivity contribution in [2.75, 3.05) is 37.7 Å². The zero-order valence-corrected chi connectivity index (χ0v) is 17.5. The summed E-state index contributed by atoms with van der Waals surface area (Å²) in [5.74, 6) is 0.968. The lowest BCUT2D eigenvalue weighted by Gasteiger charge is -2.28. The second-order valence-corrected chi connectivity index (χ2v) is 8.71. The van der Waals surface area contributed by atoms with Crippen LogP contribution in [0.3, 0.4) is 0 Å². The van der Waals surface area contributed by atoms with Gasteiger partial charge < -0.3 is 15.0 Å². The van der Waals surface area contributed by atoms with Gasteiger partial charge in [0, 0.05) is 31.6 Å². The van der Waals surface area contributed by atoms with Gasteiger partial charge in [-0.3, -0.25) is 0 Å². The third kappa shape index (κ3) is 3.01. The van der Waals surface area contributed by atoms with Gasteiger partial charge in [-0.1, -0.05) is 6.07 Å². The van der Waals surface area contributed by atoms with Gasteiger partial charge in [-0.15, -0.1) is 22.7 Å². The molecule has 0 spiro atoms. The molecule has 4 aromatic rings. The zero-order chi connectivity index (χ0) is 19.1. The number of aryl methyl sites for hydroxylation is 1. The molecule has 5 rings (SSSR count). The highest BCUT2D eigenvalue weighted by atomic mass is 32.1. The Morgan fingerprint density at radius 3 is 2.82 bits per heavy atom. The molecule has 5 heterocycles. The average molecular weight is 412 g/mol. The van der Waals surface area contributed by atoms with Crippen LogP contribution in [0.2, 0.25) is 0 Å². The summed E-state index contributed by atoms with van der Waals surface area (Å²) in [6.45, 7) is 8.43. The molecule has 8 heteroatoms. The van der Waals surface area contributed by atoms with Gasteiger partial charge in [-0.2, -0.15) is 9.97 Å². The number of hydrogen-bond acceptors (Lipinski definition) is 8. The Morgan fingerprint density at radius 2 is 2.07 bits per heavy atom. The van der Waals surface area contributed by atoms with Crippen molar-refractivity contribution in [3.8, 4) is 16.6 Å². The van der Waals surface area contributed by atoms with E-state index >= 15 is 0 Å². The summed E-state index contributed by atoms with van der Waals surface area (Å²) in [5.41, 5.74) is 3.16. The highest BCUT2D eigenvalue weighted by Crippen LogP contribution is 2.41. The highest BCUT2D eigenvalue weighted by Gasteiger charge is 2.22. The number of thiophene rings is 2. The van der Waals surface area contributed by atoms with Crippen LogP contribution in [0.5, 0.6) is 6.01 Å². The van der Waals surface area contributed by atoms with Crippen molar-refractivity contribution in [3.63, 3.8) is 0 Å². The molecule has 0 bridgehead atoms. The molecule has 4 aromatic heterocycles. The summed E-state index contributed by atoms with van der Waals surface area (Å²) < 4.78 is 6.80. The number of nitrogens with one attached hydrogen (secondary N) is 1. The number of ether oxygens (including phenoxy) is 1. The number of nitrogens with zero attached hydrogens (tertiary/aromatic N) is 4. The monoisotopic (exact) mass is 411 g/mol. The van der Waals surface area contributed by atoms with Gasteiger partial charge in [0.25, 0.3) is 0 Å². The van der Waals surface area contributed by atoms with Crippen LogP contribution >= 0.6 is 22.7 Å². The molecule has 0 radical (unpaired) electrons. The first-order chi connectivity index (χ1) is 13.7. The summed E-state index contributed by atoms with van der Waals surface area (Å²) in [7, 11) is 0. The molecular formula is C20H21N5OS2. The molecule has 6 nitrogen and oxygen atoms in total. The smallest absolute Gasteiger partial charge is 0.319 e. The minimum absolute atomic E-state index is 0.449. The van der Waals surface area contributed by atoms with Crippen molar-refractivity contribution in [2.24, 2.45) is 0 Å². The maximum absolute atomic E-state index is 5.71. The lowest BCUT2D eigenvalue weighted by Crippen LogP contribution is -2.44. The lowest BCUT2D eigenvalue weighted by molar-refractivity contribution is 0.314. The fourth-order valence-corrected chi connectivity index (χ4v) is 5.51. The molecule has 0 amide bonds. The number of piperazine rings is 1. The van der Waals surface area contributed by atoms with Gasteiger partial charge in [0.05, 0.1) is 21.9 Å². The summed E-state index contributed by atoms with van der Waals surface area (Å²) in [6.07, 6.45) is 0. The van der Waals surface area contributed by atoms with E-state index in [1.165, 1.54) is 10.4 Å². The molecule has 1 N–H and O–H groups in total. The first-order valence-electron chi connectivity index (χ1n) is 9.49. The van der Waals surface area contributed by atoms with E-state index in [1.54, 1.807) is 22.7 Å². The van der Waals surface area contributed by atoms with E-state index in [-0.39, 0.29) is 0 Å². The largest absolute Gasteiger partial charge is 0.464 e. The minimum Gasteiger partial charge on any atom is -0.464 e. The predicted octanol–water partition coefficient (Wildman–Crippen LogP) is 4.08. The van der Waals surface area contributed by atoms with Crippen LogP contribution in [0.15, 0.2) is 23.6 Å². The topological polar surface area (TPSA) is 63.2 Å². The Balaban J connectivity index is 1.75. The van der Waals surface area contributed by atoms with E-state index < -0.39 is 0 Å². The van der Waals surface area contributed by atoms with E-state index in [9.17, 15) is 0 Å². The summed E-state index contributed by atoms with van der Waals surface area (Å²) >= 11 is 3.40. The van der Waals surface area contributed by atoms with Crippen LogP contribution < -0.4 is 15.0 Å². The molecule has 0 saturated carbocycles. The van der Waals surface area contributed by atoms with E-state index in [4.69, 9.17) is 19.7 Å². The third-order valence-corrected chi connectivity index (χ3v) is 6.87. The number of rotatable bonds is 4. The van der Waals surface area contributed by atoms with Crippen molar-refractivity contribution >= 4 is 48.9 Å². The lowest BCUT2D eigenvalue weighted by atomic mass is 10.1. The van der Waals surface area contributed by atoms with E-state index in [2.05, 4.69) is 40.7 Å². The Bertz CT molecular complexity index is 1130. The first-order valence-corrected chi connectivity index (χ1v) is 11.2. The van der Waals surface area contributed by atoms with Crippen LogP contribution in [0.4, 0.5) is 5.82 Å². The number of pyridine rings is 1. The molecule has 1 saturated heterocycles. The van der Waals surface area contributed by atoms with Crippen molar-refractivity contribution in [2.45, 2.75) is 13.8 Å². The third-order valence-electron chi connectivity index (χ3n) is 4.91. The maximum Gasteiger partial charge on any atom is 0.319 e. The molecule has 1 aliphatic heterocycles. The Kier molecular flexibility index (Phi) is 4.62. The number of hydrogen-bond donors (Lipinski definition) is 1. The number of fused-ring (bicyclic) bond motifs is 3. The van der Waals surface area contributed by atoms with Gasteiger partial charge in [0.1, 0.15) is 10.3 Å². The quantitative estimate of drug-likeness (QED) is 0.546. The fraction of sp³-hybridized carbons (Fsp3) is 0.350. The van der Waals surface area contributed by atoms with Crippen LogP contribution in [-0.2, 0) is 0 Å². The minimum atomic E-state index is 0.449. The summed E-state index contributed by atoms with van der Waals surface area (Å²) in [6, 6.07) is 6.79. The summed E-state index contributed by atoms with van der Waals surface area (Å²) in [5, 5.41) is 6.61. The Hall–Kier alpha value is -2.29. The molecule has 28 heavy (non-hydrogen) atoms. The average Bonchev–Trinajstić information content (AvgIpc) is 3.36. The van der Waals surface area contributed by atoms with Crippen molar-refractivity contribution in [3.05, 3.63) is 29.1 Å². The Morgan fingerprint density at radius 1 is 1.21 bits per heavy atom. The van der Waals surface area contributed by atoms with Gasteiger partial charge in [0.15, 0.2) is 5.82 Å². The van der Waals surface area contributed by atoms with Crippen LogP contribution in [0.25, 0.3) is 31.0 Å². The molecule has 144 valence electrons. The fourth-order valence-electron chi connectivity index (χ4n) is 3.62. The first kappa shape index (κ1) is 17.8. The van der Waals surface area contributed by atoms with Gasteiger partial charge in [-0.25, -0.2) is 4.98 Å². The van der Waals surface area contributed by atoms with Crippen molar-refractivity contribution < 1.29 is 4.74 Å². The number of anilines is 1. The maximum atomic E-state index is 5.71.